The van der Waals surface area contributed by atoms with Gasteiger partial charge in [-0.1, -0.05) is 0 Å². The highest BCUT2D eigenvalue weighted by molar-refractivity contribution is 7.09. The Morgan fingerprint density at radius 2 is 2.43 bits per heavy atom. The first-order chi connectivity index (χ1) is 6.70. The van der Waals surface area contributed by atoms with Crippen molar-refractivity contribution in [3.63, 3.8) is 0 Å². The smallest absolute Gasteiger partial charge is 0.216 e. The molecule has 0 saturated heterocycles. The van der Waals surface area contributed by atoms with Crippen molar-refractivity contribution in [2.45, 2.75) is 19.9 Å². The van der Waals surface area contributed by atoms with E-state index in [0.29, 0.717) is 6.54 Å². The minimum atomic E-state index is 0.00806. The van der Waals surface area contributed by atoms with E-state index in [1.807, 2.05) is 5.38 Å². The molecule has 1 rings (SSSR count). The van der Waals surface area contributed by atoms with E-state index in [-0.39, 0.29) is 11.9 Å². The Labute approximate surface area is 87.7 Å². The van der Waals surface area contributed by atoms with Crippen molar-refractivity contribution >= 4 is 17.2 Å². The van der Waals surface area contributed by atoms with E-state index < -0.39 is 0 Å². The zero-order valence-electron chi connectivity index (χ0n) is 8.41. The molecule has 1 amide bonds. The van der Waals surface area contributed by atoms with Crippen LogP contribution in [-0.2, 0) is 4.79 Å². The molecule has 0 bridgehead atoms. The number of nitrogens with one attached hydrogen (secondary N) is 2. The minimum absolute atomic E-state index is 0.00806. The Bertz CT molecular complexity index is 274. The molecule has 0 aliphatic carbocycles. The number of carbonyl (C=O) groups excluding carboxylic acids is 1. The molecule has 5 heteroatoms. The second-order valence-corrected chi connectivity index (χ2v) is 3.96. The molecule has 1 atom stereocenters. The molecule has 1 aromatic heterocycles. The molecule has 78 valence electrons. The van der Waals surface area contributed by atoms with Crippen LogP contribution in [0.25, 0.3) is 0 Å². The predicted octanol–water partition coefficient (Wildman–Crippen LogP) is 0.930. The molecule has 2 N–H and O–H groups in total. The van der Waals surface area contributed by atoms with E-state index in [1.54, 1.807) is 17.5 Å². The lowest BCUT2D eigenvalue weighted by Crippen LogP contribution is -2.31. The van der Waals surface area contributed by atoms with Crippen molar-refractivity contribution in [1.29, 1.82) is 0 Å². The second kappa shape index (κ2) is 5.72. The summed E-state index contributed by atoms with van der Waals surface area (Å²) in [5.74, 6) is 0.00806. The quantitative estimate of drug-likeness (QED) is 0.715. The molecule has 0 saturated carbocycles. The first-order valence-electron chi connectivity index (χ1n) is 4.57. The third-order valence-corrected chi connectivity index (χ3v) is 2.73. The lowest BCUT2D eigenvalue weighted by atomic mass is 10.3. The highest BCUT2D eigenvalue weighted by Gasteiger charge is 2.05. The fraction of sp³-hybridized carbons (Fsp3) is 0.556. The summed E-state index contributed by atoms with van der Waals surface area (Å²) in [5, 5.41) is 9.04. The Hall–Kier alpha value is -0.940. The lowest BCUT2D eigenvalue weighted by molar-refractivity contribution is -0.118. The third kappa shape index (κ3) is 3.85. The van der Waals surface area contributed by atoms with Crippen molar-refractivity contribution < 1.29 is 4.79 Å². The van der Waals surface area contributed by atoms with Crippen LogP contribution in [0.15, 0.2) is 11.6 Å². The van der Waals surface area contributed by atoms with E-state index >= 15 is 0 Å². The van der Waals surface area contributed by atoms with Gasteiger partial charge in [-0.25, -0.2) is 4.98 Å². The largest absolute Gasteiger partial charge is 0.355 e. The molecule has 14 heavy (non-hydrogen) atoms. The van der Waals surface area contributed by atoms with Gasteiger partial charge in [0.15, 0.2) is 0 Å². The molecule has 0 radical (unpaired) electrons. The van der Waals surface area contributed by atoms with Gasteiger partial charge in [-0.3, -0.25) is 4.79 Å². The first-order valence-corrected chi connectivity index (χ1v) is 5.45. The topological polar surface area (TPSA) is 54.0 Å². The fourth-order valence-corrected chi connectivity index (χ4v) is 1.73. The number of rotatable bonds is 5. The molecule has 0 aromatic carbocycles. The van der Waals surface area contributed by atoms with Gasteiger partial charge in [0, 0.05) is 31.6 Å². The van der Waals surface area contributed by atoms with Crippen molar-refractivity contribution in [2.75, 3.05) is 13.1 Å². The van der Waals surface area contributed by atoms with Crippen LogP contribution in [0.5, 0.6) is 0 Å². The summed E-state index contributed by atoms with van der Waals surface area (Å²) in [5.41, 5.74) is 0. The van der Waals surface area contributed by atoms with Crippen LogP contribution >= 0.6 is 11.3 Å². The average Bonchev–Trinajstić information content (AvgIpc) is 2.64. The van der Waals surface area contributed by atoms with Crippen LogP contribution in [-0.4, -0.2) is 24.0 Å². The van der Waals surface area contributed by atoms with Crippen molar-refractivity contribution in [2.24, 2.45) is 0 Å². The standard InChI is InChI=1S/C9H15N3OS/c1-7(9-12-5-6-14-9)10-3-4-11-8(2)13/h5-7,10H,3-4H2,1-2H3,(H,11,13). The summed E-state index contributed by atoms with van der Waals surface area (Å²) in [6.07, 6.45) is 1.80. The third-order valence-electron chi connectivity index (χ3n) is 1.77. The summed E-state index contributed by atoms with van der Waals surface area (Å²) in [6.45, 7) is 5.00. The zero-order valence-corrected chi connectivity index (χ0v) is 9.23. The normalized spacial score (nSPS) is 12.4. The molecular weight excluding hydrogens is 198 g/mol. The van der Waals surface area contributed by atoms with Crippen LogP contribution < -0.4 is 10.6 Å². The van der Waals surface area contributed by atoms with Gasteiger partial charge in [0.1, 0.15) is 5.01 Å². The van der Waals surface area contributed by atoms with Gasteiger partial charge in [0.2, 0.25) is 5.91 Å². The fourth-order valence-electron chi connectivity index (χ4n) is 1.06. The first kappa shape index (κ1) is 11.1. The number of amides is 1. The van der Waals surface area contributed by atoms with Gasteiger partial charge in [0.25, 0.3) is 0 Å². The van der Waals surface area contributed by atoms with E-state index in [4.69, 9.17) is 0 Å². The van der Waals surface area contributed by atoms with Crippen molar-refractivity contribution in [3.05, 3.63) is 16.6 Å². The van der Waals surface area contributed by atoms with Crippen LogP contribution in [0.1, 0.15) is 24.9 Å². The number of hydrogen-bond acceptors (Lipinski definition) is 4. The highest BCUT2D eigenvalue weighted by atomic mass is 32.1. The number of hydrogen-bond donors (Lipinski definition) is 2. The zero-order chi connectivity index (χ0) is 10.4. The number of nitrogens with zero attached hydrogens (tertiary/aromatic N) is 1. The Kier molecular flexibility index (Phi) is 4.55. The molecule has 1 aromatic rings. The lowest BCUT2D eigenvalue weighted by Gasteiger charge is -2.10. The van der Waals surface area contributed by atoms with E-state index in [0.717, 1.165) is 11.6 Å². The Morgan fingerprint density at radius 1 is 1.64 bits per heavy atom. The van der Waals surface area contributed by atoms with Gasteiger partial charge in [0.05, 0.1) is 6.04 Å². The van der Waals surface area contributed by atoms with Crippen LogP contribution in [0, 0.1) is 0 Å². The van der Waals surface area contributed by atoms with E-state index in [9.17, 15) is 4.79 Å². The number of aromatic nitrogens is 1. The molecule has 0 spiro atoms. The summed E-state index contributed by atoms with van der Waals surface area (Å²) in [6, 6.07) is 0.253. The number of thiazole rings is 1. The molecule has 4 nitrogen and oxygen atoms in total. The summed E-state index contributed by atoms with van der Waals surface area (Å²) in [4.78, 5) is 14.8. The van der Waals surface area contributed by atoms with E-state index in [2.05, 4.69) is 22.5 Å². The van der Waals surface area contributed by atoms with Crippen LogP contribution in [0.3, 0.4) is 0 Å². The molecular formula is C9H15N3OS. The number of carbonyl (C=O) groups is 1. The summed E-state index contributed by atoms with van der Waals surface area (Å²) in [7, 11) is 0. The Balaban J connectivity index is 2.16. The monoisotopic (exact) mass is 213 g/mol. The van der Waals surface area contributed by atoms with Crippen LogP contribution in [0.4, 0.5) is 0 Å². The van der Waals surface area contributed by atoms with Gasteiger partial charge in [-0.05, 0) is 6.92 Å². The molecule has 1 heterocycles. The van der Waals surface area contributed by atoms with Crippen LogP contribution in [0.2, 0.25) is 0 Å². The minimum Gasteiger partial charge on any atom is -0.355 e. The molecule has 1 unspecified atom stereocenters. The maximum atomic E-state index is 10.6. The average molecular weight is 213 g/mol. The summed E-state index contributed by atoms with van der Waals surface area (Å²) < 4.78 is 0. The summed E-state index contributed by atoms with van der Waals surface area (Å²) >= 11 is 1.63. The van der Waals surface area contributed by atoms with E-state index in [1.165, 1.54) is 6.92 Å². The maximum Gasteiger partial charge on any atom is 0.216 e. The van der Waals surface area contributed by atoms with Gasteiger partial charge in [-0.15, -0.1) is 11.3 Å². The van der Waals surface area contributed by atoms with Crippen molar-refractivity contribution in [3.8, 4) is 0 Å². The Morgan fingerprint density at radius 3 is 3.00 bits per heavy atom. The molecule has 0 aliphatic heterocycles. The van der Waals surface area contributed by atoms with Gasteiger partial charge in [-0.2, -0.15) is 0 Å². The highest BCUT2D eigenvalue weighted by Crippen LogP contribution is 2.13. The second-order valence-electron chi connectivity index (χ2n) is 3.03. The molecule has 0 fully saturated rings. The predicted molar refractivity (Wildman–Crippen MR) is 57.2 cm³/mol. The SMILES string of the molecule is CC(=O)NCCNC(C)c1nccs1. The van der Waals surface area contributed by atoms with Gasteiger partial charge >= 0.3 is 0 Å². The van der Waals surface area contributed by atoms with Gasteiger partial charge < -0.3 is 10.6 Å². The van der Waals surface area contributed by atoms with Crippen molar-refractivity contribution in [1.82, 2.24) is 15.6 Å². The molecule has 0 aliphatic rings. The maximum absolute atomic E-state index is 10.6.